The molecule has 0 aliphatic rings. The monoisotopic (exact) mass is 503 g/mol. The molecule has 0 saturated heterocycles. The van der Waals surface area contributed by atoms with Crippen LogP contribution in [0.3, 0.4) is 0 Å². The van der Waals surface area contributed by atoms with Crippen molar-refractivity contribution in [2.24, 2.45) is 0 Å². The standard InChI is InChI=1S/C24H24F3N5O2S/c1-4-12-32-21(16(3)28-22(34)19-11-6-5-8-15(19)2)30-31-23(32)35-14-20(33)29-18-10-7-9-17(13-18)24(25,26)27/h4-11,13,16H,1,12,14H2,2-3H3,(H,28,34)(H,29,33)/t16-/m0/s1. The second kappa shape index (κ2) is 11.2. The van der Waals surface area contributed by atoms with Crippen LogP contribution < -0.4 is 10.6 Å². The Morgan fingerprint density at radius 1 is 1.17 bits per heavy atom. The van der Waals surface area contributed by atoms with Gasteiger partial charge in [-0.25, -0.2) is 0 Å². The average molecular weight is 504 g/mol. The third-order valence-corrected chi connectivity index (χ3v) is 5.95. The molecule has 0 aliphatic heterocycles. The first-order chi connectivity index (χ1) is 16.6. The third-order valence-electron chi connectivity index (χ3n) is 4.99. The molecule has 7 nitrogen and oxygen atoms in total. The summed E-state index contributed by atoms with van der Waals surface area (Å²) in [5.74, 6) is -0.369. The Kier molecular flexibility index (Phi) is 8.34. The number of nitrogens with zero attached hydrogens (tertiary/aromatic N) is 3. The lowest BCUT2D eigenvalue weighted by molar-refractivity contribution is -0.137. The number of carbonyl (C=O) groups excluding carboxylic acids is 2. The minimum Gasteiger partial charge on any atom is -0.342 e. The number of hydrogen-bond donors (Lipinski definition) is 2. The minimum atomic E-state index is -4.50. The number of benzene rings is 2. The van der Waals surface area contributed by atoms with Gasteiger partial charge in [0.25, 0.3) is 5.91 Å². The highest BCUT2D eigenvalue weighted by Crippen LogP contribution is 2.30. The Morgan fingerprint density at radius 2 is 1.91 bits per heavy atom. The molecular weight excluding hydrogens is 479 g/mol. The molecule has 1 heterocycles. The van der Waals surface area contributed by atoms with Crippen molar-refractivity contribution in [3.05, 3.63) is 83.7 Å². The summed E-state index contributed by atoms with van der Waals surface area (Å²) in [6.07, 6.45) is -2.87. The zero-order valence-corrected chi connectivity index (χ0v) is 19.9. The van der Waals surface area contributed by atoms with Crippen molar-refractivity contribution in [1.82, 2.24) is 20.1 Å². The molecule has 3 rings (SSSR count). The summed E-state index contributed by atoms with van der Waals surface area (Å²) in [6.45, 7) is 7.69. The van der Waals surface area contributed by atoms with Crippen LogP contribution in [0.15, 0.2) is 66.3 Å². The molecule has 1 atom stereocenters. The van der Waals surface area contributed by atoms with Crippen LogP contribution in [0, 0.1) is 6.92 Å². The summed E-state index contributed by atoms with van der Waals surface area (Å²) in [4.78, 5) is 25.0. The van der Waals surface area contributed by atoms with Gasteiger partial charge in [0.1, 0.15) is 0 Å². The first-order valence-corrected chi connectivity index (χ1v) is 11.6. The van der Waals surface area contributed by atoms with Crippen LogP contribution in [0.5, 0.6) is 0 Å². The summed E-state index contributed by atoms with van der Waals surface area (Å²) < 4.78 is 40.4. The Balaban J connectivity index is 1.67. The molecule has 0 saturated carbocycles. The highest BCUT2D eigenvalue weighted by atomic mass is 32.2. The molecule has 0 aliphatic carbocycles. The van der Waals surface area contributed by atoms with Crippen molar-refractivity contribution in [2.75, 3.05) is 11.1 Å². The number of anilines is 1. The van der Waals surface area contributed by atoms with Gasteiger partial charge in [-0.05, 0) is 43.7 Å². The summed E-state index contributed by atoms with van der Waals surface area (Å²) in [7, 11) is 0. The average Bonchev–Trinajstić information content (AvgIpc) is 3.20. The fourth-order valence-electron chi connectivity index (χ4n) is 3.29. The summed E-state index contributed by atoms with van der Waals surface area (Å²) in [6, 6.07) is 11.1. The number of thioether (sulfide) groups is 1. The number of nitrogens with one attached hydrogen (secondary N) is 2. The van der Waals surface area contributed by atoms with Crippen LogP contribution in [0.2, 0.25) is 0 Å². The molecular formula is C24H24F3N5O2S. The number of alkyl halides is 3. The highest BCUT2D eigenvalue weighted by Gasteiger charge is 2.30. The van der Waals surface area contributed by atoms with Gasteiger partial charge in [0, 0.05) is 17.8 Å². The summed E-state index contributed by atoms with van der Waals surface area (Å²) in [5, 5.41) is 14.1. The molecule has 35 heavy (non-hydrogen) atoms. The lowest BCUT2D eigenvalue weighted by Gasteiger charge is -2.16. The number of carbonyl (C=O) groups is 2. The van der Waals surface area contributed by atoms with Gasteiger partial charge in [-0.2, -0.15) is 13.2 Å². The Labute approximate surface area is 204 Å². The van der Waals surface area contributed by atoms with E-state index in [2.05, 4.69) is 27.4 Å². The van der Waals surface area contributed by atoms with Gasteiger partial charge in [-0.3, -0.25) is 9.59 Å². The zero-order valence-electron chi connectivity index (χ0n) is 19.1. The van der Waals surface area contributed by atoms with Crippen molar-refractivity contribution in [1.29, 1.82) is 0 Å². The van der Waals surface area contributed by atoms with E-state index in [0.29, 0.717) is 23.1 Å². The summed E-state index contributed by atoms with van der Waals surface area (Å²) >= 11 is 1.07. The maximum absolute atomic E-state index is 12.9. The predicted octanol–water partition coefficient (Wildman–Crippen LogP) is 5.01. The Morgan fingerprint density at radius 3 is 2.60 bits per heavy atom. The molecule has 2 N–H and O–H groups in total. The fourth-order valence-corrected chi connectivity index (χ4v) is 4.05. The molecule has 11 heteroatoms. The van der Waals surface area contributed by atoms with Crippen LogP contribution in [0.4, 0.5) is 18.9 Å². The molecule has 0 spiro atoms. The fraction of sp³-hybridized carbons (Fsp3) is 0.250. The molecule has 0 unspecified atom stereocenters. The number of aromatic nitrogens is 3. The number of allylic oxidation sites excluding steroid dienone is 1. The summed E-state index contributed by atoms with van der Waals surface area (Å²) in [5.41, 5.74) is 0.592. The first kappa shape index (κ1) is 26.0. The molecule has 0 fully saturated rings. The topological polar surface area (TPSA) is 88.9 Å². The van der Waals surface area contributed by atoms with E-state index in [-0.39, 0.29) is 17.3 Å². The number of amides is 2. The molecule has 2 amide bonds. The molecule has 0 bridgehead atoms. The highest BCUT2D eigenvalue weighted by molar-refractivity contribution is 7.99. The van der Waals surface area contributed by atoms with Gasteiger partial charge < -0.3 is 15.2 Å². The van der Waals surface area contributed by atoms with Crippen LogP contribution >= 0.6 is 11.8 Å². The van der Waals surface area contributed by atoms with Gasteiger partial charge >= 0.3 is 6.18 Å². The van der Waals surface area contributed by atoms with E-state index in [1.807, 2.05) is 19.1 Å². The zero-order chi connectivity index (χ0) is 25.6. The molecule has 3 aromatic rings. The Bertz CT molecular complexity index is 1230. The lowest BCUT2D eigenvalue weighted by Crippen LogP contribution is -2.29. The van der Waals surface area contributed by atoms with Crippen molar-refractivity contribution in [3.63, 3.8) is 0 Å². The van der Waals surface area contributed by atoms with Gasteiger partial charge in [0.05, 0.1) is 17.4 Å². The maximum atomic E-state index is 12.9. The van der Waals surface area contributed by atoms with Gasteiger partial charge in [-0.15, -0.1) is 16.8 Å². The van der Waals surface area contributed by atoms with E-state index < -0.39 is 23.7 Å². The molecule has 0 radical (unpaired) electrons. The van der Waals surface area contributed by atoms with E-state index in [1.54, 1.807) is 29.7 Å². The van der Waals surface area contributed by atoms with Gasteiger partial charge in [0.15, 0.2) is 11.0 Å². The van der Waals surface area contributed by atoms with E-state index in [9.17, 15) is 22.8 Å². The lowest BCUT2D eigenvalue weighted by atomic mass is 10.1. The quantitative estimate of drug-likeness (QED) is 0.317. The number of halogens is 3. The maximum Gasteiger partial charge on any atom is 0.416 e. The van der Waals surface area contributed by atoms with Crippen molar-refractivity contribution < 1.29 is 22.8 Å². The van der Waals surface area contributed by atoms with E-state index in [0.717, 1.165) is 29.5 Å². The Hall–Kier alpha value is -3.60. The minimum absolute atomic E-state index is 0.0474. The normalized spacial score (nSPS) is 12.1. The third kappa shape index (κ3) is 6.72. The second-order valence-corrected chi connectivity index (χ2v) is 8.61. The molecule has 1 aromatic heterocycles. The van der Waals surface area contributed by atoms with Crippen molar-refractivity contribution >= 4 is 29.3 Å². The van der Waals surface area contributed by atoms with Gasteiger partial charge in [0.2, 0.25) is 5.91 Å². The van der Waals surface area contributed by atoms with Crippen LogP contribution in [-0.2, 0) is 17.5 Å². The SMILES string of the molecule is C=CCn1c(SCC(=O)Nc2cccc(C(F)(F)F)c2)nnc1[C@H](C)NC(=O)c1ccccc1C. The number of rotatable bonds is 9. The van der Waals surface area contributed by atoms with E-state index >= 15 is 0 Å². The van der Waals surface area contributed by atoms with Crippen LogP contribution in [0.25, 0.3) is 0 Å². The van der Waals surface area contributed by atoms with Crippen LogP contribution in [0.1, 0.15) is 40.3 Å². The number of hydrogen-bond acceptors (Lipinski definition) is 5. The first-order valence-electron chi connectivity index (χ1n) is 10.6. The number of aryl methyl sites for hydroxylation is 1. The second-order valence-electron chi connectivity index (χ2n) is 7.67. The molecule has 184 valence electrons. The van der Waals surface area contributed by atoms with Crippen molar-refractivity contribution in [2.45, 2.75) is 37.8 Å². The molecule has 2 aromatic carbocycles. The van der Waals surface area contributed by atoms with Crippen molar-refractivity contribution in [3.8, 4) is 0 Å². The van der Waals surface area contributed by atoms with E-state index in [1.165, 1.54) is 12.1 Å². The largest absolute Gasteiger partial charge is 0.416 e. The van der Waals surface area contributed by atoms with E-state index in [4.69, 9.17) is 0 Å². The van der Waals surface area contributed by atoms with Gasteiger partial charge in [-0.1, -0.05) is 42.1 Å². The van der Waals surface area contributed by atoms with Crippen LogP contribution in [-0.4, -0.2) is 32.3 Å². The predicted molar refractivity (Wildman–Crippen MR) is 128 cm³/mol. The smallest absolute Gasteiger partial charge is 0.342 e.